The number of carbonyl (C=O) groups is 2. The van der Waals surface area contributed by atoms with Gasteiger partial charge in [-0.3, -0.25) is 4.79 Å². The molecule has 1 unspecified atom stereocenters. The molecule has 0 saturated heterocycles. The van der Waals surface area contributed by atoms with Gasteiger partial charge in [-0.05, 0) is 43.2 Å². The van der Waals surface area contributed by atoms with Crippen LogP contribution in [-0.4, -0.2) is 23.0 Å². The molecule has 0 fully saturated rings. The monoisotopic (exact) mass is 309 g/mol. The van der Waals surface area contributed by atoms with Crippen molar-refractivity contribution in [2.24, 2.45) is 5.92 Å². The van der Waals surface area contributed by atoms with E-state index >= 15 is 0 Å². The average molecular weight is 309 g/mol. The zero-order valence-corrected chi connectivity index (χ0v) is 13.5. The van der Waals surface area contributed by atoms with Gasteiger partial charge in [0.15, 0.2) is 0 Å². The van der Waals surface area contributed by atoms with Gasteiger partial charge in [0.1, 0.15) is 6.04 Å². The molecule has 1 amide bonds. The number of carbonyl (C=O) groups excluding carboxylic acids is 1. The smallest absolute Gasteiger partial charge is 0.326 e. The largest absolute Gasteiger partial charge is 0.480 e. The first kappa shape index (κ1) is 16.0. The van der Waals surface area contributed by atoms with E-state index in [-0.39, 0.29) is 5.91 Å². The number of hydrogen-bond donors (Lipinski definition) is 2. The number of hydrogen-bond acceptors (Lipinski definition) is 3. The Morgan fingerprint density at radius 3 is 2.86 bits per heavy atom. The van der Waals surface area contributed by atoms with Crippen LogP contribution in [0.2, 0.25) is 0 Å². The number of aryl methyl sites for hydroxylation is 1. The third-order valence-electron chi connectivity index (χ3n) is 4.17. The van der Waals surface area contributed by atoms with Crippen LogP contribution in [0.4, 0.5) is 0 Å². The van der Waals surface area contributed by atoms with Gasteiger partial charge in [0.25, 0.3) is 5.91 Å². The minimum atomic E-state index is -0.961. The summed E-state index contributed by atoms with van der Waals surface area (Å²) in [5.41, 5.74) is 1.28. The van der Waals surface area contributed by atoms with E-state index < -0.39 is 12.0 Å². The fourth-order valence-electron chi connectivity index (χ4n) is 2.83. The number of carboxylic acids is 1. The molecule has 0 aliphatic heterocycles. The van der Waals surface area contributed by atoms with Crippen molar-refractivity contribution in [2.75, 3.05) is 0 Å². The Kier molecular flexibility index (Phi) is 5.39. The fraction of sp³-hybridized carbons (Fsp3) is 0.625. The van der Waals surface area contributed by atoms with Crippen LogP contribution in [0, 0.1) is 5.92 Å². The predicted octanol–water partition coefficient (Wildman–Crippen LogP) is 3.25. The van der Waals surface area contributed by atoms with Crippen LogP contribution in [0.1, 0.15) is 59.6 Å². The second-order valence-corrected chi connectivity index (χ2v) is 6.87. The molecule has 2 atom stereocenters. The van der Waals surface area contributed by atoms with Gasteiger partial charge in [-0.1, -0.05) is 26.7 Å². The van der Waals surface area contributed by atoms with E-state index in [1.165, 1.54) is 34.6 Å². The van der Waals surface area contributed by atoms with E-state index in [1.54, 1.807) is 0 Å². The number of nitrogens with one attached hydrogen (secondary N) is 1. The Morgan fingerprint density at radius 1 is 1.48 bits per heavy atom. The highest BCUT2D eigenvalue weighted by molar-refractivity contribution is 7.14. The molecule has 21 heavy (non-hydrogen) atoms. The summed E-state index contributed by atoms with van der Waals surface area (Å²) in [6.45, 7) is 4.12. The van der Waals surface area contributed by atoms with E-state index in [0.29, 0.717) is 11.3 Å². The van der Waals surface area contributed by atoms with Gasteiger partial charge in [-0.25, -0.2) is 4.79 Å². The first-order valence-corrected chi connectivity index (χ1v) is 8.52. The first-order chi connectivity index (χ1) is 10.0. The van der Waals surface area contributed by atoms with Crippen LogP contribution in [0.15, 0.2) is 6.07 Å². The van der Waals surface area contributed by atoms with Gasteiger partial charge in [0, 0.05) is 4.88 Å². The number of aliphatic carboxylic acids is 1. The lowest BCUT2D eigenvalue weighted by atomic mass is 9.87. The van der Waals surface area contributed by atoms with Gasteiger partial charge in [0.2, 0.25) is 0 Å². The maximum atomic E-state index is 12.2. The highest BCUT2D eigenvalue weighted by atomic mass is 32.1. The summed E-state index contributed by atoms with van der Waals surface area (Å²) in [5, 5.41) is 11.8. The van der Waals surface area contributed by atoms with E-state index in [0.717, 1.165) is 25.2 Å². The standard InChI is InChI=1S/C16H23NO3S/c1-3-5-12(16(19)20)17-15(18)14-9-11-8-10(4-2)6-7-13(11)21-14/h9-10,12H,3-8H2,1-2H3,(H,17,18)(H,19,20)/t10?,12-/m1/s1. The summed E-state index contributed by atoms with van der Waals surface area (Å²) >= 11 is 1.52. The maximum Gasteiger partial charge on any atom is 0.326 e. The zero-order valence-electron chi connectivity index (χ0n) is 12.6. The summed E-state index contributed by atoms with van der Waals surface area (Å²) in [6.07, 6.45) is 5.66. The number of amides is 1. The van der Waals surface area contributed by atoms with E-state index in [9.17, 15) is 9.59 Å². The molecule has 0 radical (unpaired) electrons. The van der Waals surface area contributed by atoms with Crippen LogP contribution in [-0.2, 0) is 17.6 Å². The summed E-state index contributed by atoms with van der Waals surface area (Å²) in [5.74, 6) is -0.490. The fourth-order valence-corrected chi connectivity index (χ4v) is 3.95. The van der Waals surface area contributed by atoms with Crippen molar-refractivity contribution < 1.29 is 14.7 Å². The molecule has 2 rings (SSSR count). The van der Waals surface area contributed by atoms with Gasteiger partial charge in [-0.2, -0.15) is 0 Å². The third-order valence-corrected chi connectivity index (χ3v) is 5.40. The molecule has 1 aliphatic rings. The molecular weight excluding hydrogens is 286 g/mol. The van der Waals surface area contributed by atoms with Crippen molar-refractivity contribution in [3.8, 4) is 0 Å². The molecule has 1 heterocycles. The maximum absolute atomic E-state index is 12.2. The molecule has 116 valence electrons. The highest BCUT2D eigenvalue weighted by Crippen LogP contribution is 2.33. The Balaban J connectivity index is 2.07. The Bertz CT molecular complexity index is 524. The van der Waals surface area contributed by atoms with Crippen LogP contribution >= 0.6 is 11.3 Å². The van der Waals surface area contributed by atoms with Crippen molar-refractivity contribution in [1.29, 1.82) is 0 Å². The number of fused-ring (bicyclic) bond motifs is 1. The first-order valence-electron chi connectivity index (χ1n) is 7.70. The van der Waals surface area contributed by atoms with Crippen molar-refractivity contribution >= 4 is 23.2 Å². The second kappa shape index (κ2) is 7.07. The summed E-state index contributed by atoms with van der Waals surface area (Å²) in [4.78, 5) is 25.3. The minimum absolute atomic E-state index is 0.247. The van der Waals surface area contributed by atoms with E-state index in [1.807, 2.05) is 13.0 Å². The zero-order chi connectivity index (χ0) is 15.4. The number of rotatable bonds is 6. The predicted molar refractivity (Wildman–Crippen MR) is 83.9 cm³/mol. The van der Waals surface area contributed by atoms with Crippen LogP contribution in [0.25, 0.3) is 0 Å². The normalized spacial score (nSPS) is 18.9. The van der Waals surface area contributed by atoms with Crippen molar-refractivity contribution in [2.45, 2.75) is 58.4 Å². The van der Waals surface area contributed by atoms with Gasteiger partial charge in [-0.15, -0.1) is 11.3 Å². The Labute approximate surface area is 129 Å². The molecule has 1 aromatic heterocycles. The molecule has 1 aliphatic carbocycles. The summed E-state index contributed by atoms with van der Waals surface area (Å²) < 4.78 is 0. The molecule has 5 heteroatoms. The van der Waals surface area contributed by atoms with Gasteiger partial charge in [0.05, 0.1) is 4.88 Å². The Morgan fingerprint density at radius 2 is 2.24 bits per heavy atom. The molecule has 2 N–H and O–H groups in total. The molecule has 0 aromatic carbocycles. The third kappa shape index (κ3) is 3.84. The summed E-state index contributed by atoms with van der Waals surface area (Å²) in [6, 6.07) is 1.17. The average Bonchev–Trinajstić information content (AvgIpc) is 2.89. The quantitative estimate of drug-likeness (QED) is 0.847. The Hall–Kier alpha value is -1.36. The molecule has 0 saturated carbocycles. The minimum Gasteiger partial charge on any atom is -0.480 e. The van der Waals surface area contributed by atoms with Gasteiger partial charge >= 0.3 is 5.97 Å². The van der Waals surface area contributed by atoms with Crippen molar-refractivity contribution in [1.82, 2.24) is 5.32 Å². The molecule has 0 spiro atoms. The molecule has 4 nitrogen and oxygen atoms in total. The lowest BCUT2D eigenvalue weighted by Crippen LogP contribution is -2.40. The van der Waals surface area contributed by atoms with Crippen LogP contribution < -0.4 is 5.32 Å². The summed E-state index contributed by atoms with van der Waals surface area (Å²) in [7, 11) is 0. The lowest BCUT2D eigenvalue weighted by Gasteiger charge is -2.19. The number of carboxylic acid groups (broad SMARTS) is 1. The van der Waals surface area contributed by atoms with E-state index in [2.05, 4.69) is 12.2 Å². The molecule has 1 aromatic rings. The number of thiophene rings is 1. The van der Waals surface area contributed by atoms with E-state index in [4.69, 9.17) is 5.11 Å². The van der Waals surface area contributed by atoms with Gasteiger partial charge < -0.3 is 10.4 Å². The van der Waals surface area contributed by atoms with Crippen LogP contribution in [0.3, 0.4) is 0 Å². The lowest BCUT2D eigenvalue weighted by molar-refractivity contribution is -0.139. The second-order valence-electron chi connectivity index (χ2n) is 5.73. The highest BCUT2D eigenvalue weighted by Gasteiger charge is 2.24. The topological polar surface area (TPSA) is 66.4 Å². The van der Waals surface area contributed by atoms with Crippen LogP contribution in [0.5, 0.6) is 0 Å². The van der Waals surface area contributed by atoms with Crippen molar-refractivity contribution in [3.05, 3.63) is 21.4 Å². The van der Waals surface area contributed by atoms with Crippen molar-refractivity contribution in [3.63, 3.8) is 0 Å². The molecular formula is C16H23NO3S. The molecule has 0 bridgehead atoms. The SMILES string of the molecule is CCC[C@@H](NC(=O)c1cc2c(s1)CCC(CC)C2)C(=O)O.